The van der Waals surface area contributed by atoms with E-state index in [0.29, 0.717) is 39.4 Å². The minimum atomic E-state index is -5.65. The van der Waals surface area contributed by atoms with E-state index in [1.165, 1.54) is 18.2 Å². The van der Waals surface area contributed by atoms with Crippen LogP contribution in [0.3, 0.4) is 0 Å². The number of fused-ring (bicyclic) bond motifs is 1. The van der Waals surface area contributed by atoms with Crippen LogP contribution in [0.15, 0.2) is 22.7 Å². The molecule has 0 bridgehead atoms. The van der Waals surface area contributed by atoms with E-state index >= 15 is 0 Å². The van der Waals surface area contributed by atoms with E-state index in [2.05, 4.69) is 21.2 Å². The highest BCUT2D eigenvalue weighted by atomic mass is 79.9. The lowest BCUT2D eigenvalue weighted by Gasteiger charge is -2.16. The molecule has 2 aromatic rings. The number of carbonyl (C=O) groups is 1. The Kier molecular flexibility index (Phi) is 4.59. The summed E-state index contributed by atoms with van der Waals surface area (Å²) in [5.41, 5.74) is -3.98. The highest BCUT2D eigenvalue weighted by Crippen LogP contribution is 2.62. The Labute approximate surface area is 148 Å². The van der Waals surface area contributed by atoms with Crippen molar-refractivity contribution in [2.75, 3.05) is 6.54 Å². The van der Waals surface area contributed by atoms with Crippen LogP contribution in [0.1, 0.15) is 28.1 Å². The topological polar surface area (TPSA) is 86.6 Å². The molecule has 0 radical (unpaired) electrons. The first kappa shape index (κ1) is 17.9. The van der Waals surface area contributed by atoms with Gasteiger partial charge in [0.15, 0.2) is 0 Å². The number of hydrogen-bond donors (Lipinski definition) is 3. The molecule has 10 heteroatoms. The highest BCUT2D eigenvalue weighted by molar-refractivity contribution is 9.10. The third-order valence-corrected chi connectivity index (χ3v) is 7.21. The number of amides is 1. The number of carbonyl (C=O) groups excluding carboxylic acids is 1. The van der Waals surface area contributed by atoms with Crippen LogP contribution in [0, 0.1) is 5.92 Å². The number of rotatable bonds is 5. The molecule has 24 heavy (non-hydrogen) atoms. The number of nitrogens with one attached hydrogen (secondary N) is 1. The third-order valence-electron chi connectivity index (χ3n) is 3.78. The van der Waals surface area contributed by atoms with E-state index < -0.39 is 18.1 Å². The van der Waals surface area contributed by atoms with Crippen molar-refractivity contribution in [3.05, 3.63) is 33.1 Å². The van der Waals surface area contributed by atoms with E-state index in [-0.39, 0.29) is 10.4 Å². The number of benzene rings is 1. The van der Waals surface area contributed by atoms with Crippen molar-refractivity contribution in [3.63, 3.8) is 0 Å². The molecule has 1 aromatic heterocycles. The van der Waals surface area contributed by atoms with Crippen LogP contribution in [0.25, 0.3) is 10.1 Å². The molecule has 0 aliphatic heterocycles. The van der Waals surface area contributed by atoms with Crippen LogP contribution in [-0.2, 0) is 10.2 Å². The summed E-state index contributed by atoms with van der Waals surface area (Å²) in [5, 5.41) is 3.10. The molecule has 0 spiro atoms. The summed E-state index contributed by atoms with van der Waals surface area (Å²) in [7, 11) is -5.65. The Morgan fingerprint density at radius 1 is 1.42 bits per heavy atom. The molecule has 0 unspecified atom stereocenters. The molecule has 1 heterocycles. The van der Waals surface area contributed by atoms with Gasteiger partial charge in [-0.2, -0.15) is 8.78 Å². The standard InChI is InChI=1S/C14H13BrF2NO4PS/c15-11-9-5-8(13(19)18-6-7-1-2-7)3-4-10(9)24-12(11)14(16,17)23(20,21)22/h3-5,7H,1-2,6H2,(H,18,19)(H2,20,21,22). The van der Waals surface area contributed by atoms with Gasteiger partial charge in [0.25, 0.3) is 5.91 Å². The lowest BCUT2D eigenvalue weighted by Crippen LogP contribution is -2.25. The molecule has 5 nitrogen and oxygen atoms in total. The molecular formula is C14H13BrF2NO4PS. The Morgan fingerprint density at radius 3 is 2.67 bits per heavy atom. The quantitative estimate of drug-likeness (QED) is 0.613. The van der Waals surface area contributed by atoms with Gasteiger partial charge in [-0.15, -0.1) is 11.3 Å². The maximum absolute atomic E-state index is 14.0. The molecule has 3 N–H and O–H groups in total. The average Bonchev–Trinajstić information content (AvgIpc) is 3.27. The van der Waals surface area contributed by atoms with Crippen molar-refractivity contribution in [2.24, 2.45) is 5.92 Å². The molecule has 130 valence electrons. The van der Waals surface area contributed by atoms with Gasteiger partial charge in [-0.25, -0.2) is 0 Å². The van der Waals surface area contributed by atoms with Gasteiger partial charge in [0.1, 0.15) is 4.88 Å². The van der Waals surface area contributed by atoms with Gasteiger partial charge in [-0.05, 0) is 52.9 Å². The number of hydrogen-bond acceptors (Lipinski definition) is 3. The van der Waals surface area contributed by atoms with E-state index in [9.17, 15) is 18.1 Å². The van der Waals surface area contributed by atoms with E-state index in [4.69, 9.17) is 9.79 Å². The Bertz CT molecular complexity index is 862. The molecule has 1 saturated carbocycles. The molecular weight excluding hydrogens is 427 g/mol. The molecule has 1 fully saturated rings. The Morgan fingerprint density at radius 2 is 2.08 bits per heavy atom. The van der Waals surface area contributed by atoms with Crippen LogP contribution in [0.2, 0.25) is 0 Å². The third kappa shape index (κ3) is 3.28. The van der Waals surface area contributed by atoms with Crippen molar-refractivity contribution in [2.45, 2.75) is 18.5 Å². The smallest absolute Gasteiger partial charge is 0.352 e. The largest absolute Gasteiger partial charge is 0.400 e. The Balaban J connectivity index is 1.96. The lowest BCUT2D eigenvalue weighted by molar-refractivity contribution is 0.0595. The van der Waals surface area contributed by atoms with E-state index in [1.54, 1.807) is 0 Å². The van der Waals surface area contributed by atoms with Crippen molar-refractivity contribution in [3.8, 4) is 0 Å². The summed E-state index contributed by atoms with van der Waals surface area (Å²) >= 11 is 3.58. The zero-order valence-corrected chi connectivity index (χ0v) is 15.4. The fraction of sp³-hybridized carbons (Fsp3) is 0.357. The molecule has 3 rings (SSSR count). The van der Waals surface area contributed by atoms with Gasteiger partial charge in [-0.3, -0.25) is 9.36 Å². The maximum atomic E-state index is 14.0. The molecule has 1 aliphatic carbocycles. The SMILES string of the molecule is O=C(NCC1CC1)c1ccc2sc(C(F)(F)P(=O)(O)O)c(Br)c2c1. The summed E-state index contributed by atoms with van der Waals surface area (Å²) in [6.07, 6.45) is 2.19. The normalized spacial score (nSPS) is 15.7. The monoisotopic (exact) mass is 439 g/mol. The van der Waals surface area contributed by atoms with Crippen LogP contribution in [0.4, 0.5) is 8.78 Å². The number of alkyl halides is 2. The lowest BCUT2D eigenvalue weighted by atomic mass is 10.1. The number of thiophene rings is 1. The predicted octanol–water partition coefficient (Wildman–Crippen LogP) is 4.03. The zero-order chi connectivity index (χ0) is 17.7. The summed E-state index contributed by atoms with van der Waals surface area (Å²) < 4.78 is 39.3. The van der Waals surface area contributed by atoms with Crippen LogP contribution >= 0.6 is 34.9 Å². The second-order valence-corrected chi connectivity index (χ2v) is 9.19. The molecule has 1 aromatic carbocycles. The minimum absolute atomic E-state index is 0.104. The first-order valence-corrected chi connectivity index (χ1v) is 10.3. The van der Waals surface area contributed by atoms with Crippen molar-refractivity contribution in [1.29, 1.82) is 0 Å². The number of halogens is 3. The first-order chi connectivity index (χ1) is 11.1. The predicted molar refractivity (Wildman–Crippen MR) is 90.5 cm³/mol. The summed E-state index contributed by atoms with van der Waals surface area (Å²) in [6.45, 7) is 0.587. The summed E-state index contributed by atoms with van der Waals surface area (Å²) in [6, 6.07) is 4.44. The van der Waals surface area contributed by atoms with Gasteiger partial charge < -0.3 is 15.1 Å². The van der Waals surface area contributed by atoms with Gasteiger partial charge in [0.2, 0.25) is 0 Å². The molecule has 1 amide bonds. The van der Waals surface area contributed by atoms with Crippen LogP contribution in [-0.4, -0.2) is 22.2 Å². The fourth-order valence-electron chi connectivity index (χ4n) is 2.20. The molecule has 0 atom stereocenters. The Hall–Kier alpha value is -0.860. The van der Waals surface area contributed by atoms with E-state index in [1.807, 2.05) is 0 Å². The molecule has 1 aliphatic rings. The van der Waals surface area contributed by atoms with Crippen LogP contribution < -0.4 is 5.32 Å². The van der Waals surface area contributed by atoms with Gasteiger partial charge in [-0.1, -0.05) is 0 Å². The van der Waals surface area contributed by atoms with Crippen LogP contribution in [0.5, 0.6) is 0 Å². The van der Waals surface area contributed by atoms with Crippen molar-refractivity contribution in [1.82, 2.24) is 5.32 Å². The van der Waals surface area contributed by atoms with Gasteiger partial charge in [0.05, 0.1) is 0 Å². The average molecular weight is 440 g/mol. The zero-order valence-electron chi connectivity index (χ0n) is 12.1. The van der Waals surface area contributed by atoms with Gasteiger partial charge >= 0.3 is 13.3 Å². The minimum Gasteiger partial charge on any atom is -0.352 e. The summed E-state index contributed by atoms with van der Waals surface area (Å²) in [5.74, 6) is 0.212. The first-order valence-electron chi connectivity index (χ1n) is 7.05. The summed E-state index contributed by atoms with van der Waals surface area (Å²) in [4.78, 5) is 29.2. The van der Waals surface area contributed by atoms with E-state index in [0.717, 1.165) is 12.8 Å². The fourth-order valence-corrected chi connectivity index (χ4v) is 5.12. The van der Waals surface area contributed by atoms with Crippen molar-refractivity contribution < 1.29 is 27.9 Å². The maximum Gasteiger partial charge on any atom is 0.400 e. The van der Waals surface area contributed by atoms with Crippen molar-refractivity contribution >= 4 is 50.9 Å². The highest BCUT2D eigenvalue weighted by Gasteiger charge is 2.53. The van der Waals surface area contributed by atoms with Gasteiger partial charge in [0, 0.05) is 26.7 Å². The molecule has 0 saturated heterocycles. The second-order valence-electron chi connectivity index (χ2n) is 5.69. The second kappa shape index (κ2) is 6.14.